The third-order valence-corrected chi connectivity index (χ3v) is 4.19. The van der Waals surface area contributed by atoms with E-state index in [1.165, 1.54) is 20.3 Å². The summed E-state index contributed by atoms with van der Waals surface area (Å²) in [4.78, 5) is 24.0. The van der Waals surface area contributed by atoms with Crippen LogP contribution in [0.15, 0.2) is 42.5 Å². The van der Waals surface area contributed by atoms with E-state index in [2.05, 4.69) is 10.6 Å². The van der Waals surface area contributed by atoms with Gasteiger partial charge in [-0.1, -0.05) is 25.4 Å². The lowest BCUT2D eigenvalue weighted by Gasteiger charge is -2.10. The maximum absolute atomic E-state index is 12.2. The smallest absolute Gasteiger partial charge is 0.248 e. The number of ether oxygens (including phenoxy) is 2. The fourth-order valence-electron chi connectivity index (χ4n) is 2.61. The second-order valence-electron chi connectivity index (χ2n) is 6.78. The highest BCUT2D eigenvalue weighted by Crippen LogP contribution is 2.36. The van der Waals surface area contributed by atoms with Crippen molar-refractivity contribution in [3.8, 4) is 11.5 Å². The number of methoxy groups -OCH3 is 2. The van der Waals surface area contributed by atoms with E-state index in [-0.39, 0.29) is 11.8 Å². The minimum Gasteiger partial charge on any atom is -0.493 e. The zero-order valence-corrected chi connectivity index (χ0v) is 17.7. The van der Waals surface area contributed by atoms with Gasteiger partial charge in [-0.3, -0.25) is 9.59 Å². The van der Waals surface area contributed by atoms with Crippen molar-refractivity contribution in [3.63, 3.8) is 0 Å². The van der Waals surface area contributed by atoms with Gasteiger partial charge in [0.25, 0.3) is 0 Å². The molecule has 2 aromatic rings. The lowest BCUT2D eigenvalue weighted by atomic mass is 10.1. The molecule has 0 spiro atoms. The van der Waals surface area contributed by atoms with E-state index in [1.807, 2.05) is 13.8 Å². The number of amides is 2. The van der Waals surface area contributed by atoms with Crippen molar-refractivity contribution in [2.24, 2.45) is 5.92 Å². The quantitative estimate of drug-likeness (QED) is 0.594. The number of benzene rings is 2. The molecule has 0 saturated carbocycles. The van der Waals surface area contributed by atoms with Gasteiger partial charge in [0.2, 0.25) is 11.8 Å². The van der Waals surface area contributed by atoms with Crippen LogP contribution in [-0.4, -0.2) is 26.0 Å². The fraction of sp³-hybridized carbons (Fsp3) is 0.273. The van der Waals surface area contributed by atoms with E-state index in [0.29, 0.717) is 45.8 Å². The molecule has 0 bridgehead atoms. The van der Waals surface area contributed by atoms with Gasteiger partial charge < -0.3 is 20.1 Å². The maximum atomic E-state index is 12.2. The van der Waals surface area contributed by atoms with Gasteiger partial charge in [-0.15, -0.1) is 0 Å². The summed E-state index contributed by atoms with van der Waals surface area (Å²) in [5, 5.41) is 5.98. The molecule has 0 fully saturated rings. The van der Waals surface area contributed by atoms with E-state index in [4.69, 9.17) is 21.1 Å². The number of anilines is 2. The van der Waals surface area contributed by atoms with Crippen molar-refractivity contribution in [2.45, 2.75) is 20.3 Å². The molecular formula is C22H25ClN2O4. The Bertz CT molecular complexity index is 892. The minimum atomic E-state index is -0.299. The largest absolute Gasteiger partial charge is 0.493 e. The second-order valence-corrected chi connectivity index (χ2v) is 7.19. The Morgan fingerprint density at radius 3 is 2.21 bits per heavy atom. The van der Waals surface area contributed by atoms with Crippen molar-refractivity contribution < 1.29 is 19.1 Å². The molecule has 0 atom stereocenters. The average Bonchev–Trinajstić information content (AvgIpc) is 2.66. The lowest BCUT2D eigenvalue weighted by Crippen LogP contribution is -2.14. The first-order valence-electron chi connectivity index (χ1n) is 9.13. The van der Waals surface area contributed by atoms with E-state index in [1.54, 1.807) is 42.5 Å². The highest BCUT2D eigenvalue weighted by Gasteiger charge is 2.10. The summed E-state index contributed by atoms with van der Waals surface area (Å²) < 4.78 is 10.4. The first kappa shape index (κ1) is 22.3. The first-order valence-corrected chi connectivity index (χ1v) is 9.50. The van der Waals surface area contributed by atoms with Gasteiger partial charge in [0.1, 0.15) is 0 Å². The van der Waals surface area contributed by atoms with Gasteiger partial charge in [0, 0.05) is 23.9 Å². The van der Waals surface area contributed by atoms with E-state index in [0.717, 1.165) is 0 Å². The molecule has 0 aliphatic carbocycles. The third kappa shape index (κ3) is 6.84. The summed E-state index contributed by atoms with van der Waals surface area (Å²) in [6.07, 6.45) is 3.49. The Morgan fingerprint density at radius 1 is 1.03 bits per heavy atom. The van der Waals surface area contributed by atoms with Crippen LogP contribution in [0.5, 0.6) is 11.5 Å². The Kier molecular flexibility index (Phi) is 8.09. The zero-order valence-electron chi connectivity index (χ0n) is 16.9. The van der Waals surface area contributed by atoms with Crippen LogP contribution in [0.3, 0.4) is 0 Å². The van der Waals surface area contributed by atoms with Gasteiger partial charge in [0.05, 0.1) is 19.2 Å². The Labute approximate surface area is 175 Å². The van der Waals surface area contributed by atoms with Crippen molar-refractivity contribution in [1.29, 1.82) is 0 Å². The maximum Gasteiger partial charge on any atom is 0.248 e. The number of carbonyl (C=O) groups excluding carboxylic acids is 2. The molecule has 0 saturated heterocycles. The van der Waals surface area contributed by atoms with Crippen LogP contribution in [-0.2, 0) is 9.59 Å². The Hall–Kier alpha value is -2.99. The molecule has 0 radical (unpaired) electrons. The molecule has 0 heterocycles. The number of hydrogen-bond acceptors (Lipinski definition) is 4. The standard InChI is InChI=1S/C22H25ClN2O4/c1-14(2)11-21(27)25-17-8-6-16(7-9-17)24-20(26)10-5-15-12-18(23)22(29-4)19(13-15)28-3/h5-10,12-14H,11H2,1-4H3,(H,24,26)(H,25,27)/b10-5+. The van der Waals surface area contributed by atoms with Crippen LogP contribution in [0.25, 0.3) is 6.08 Å². The van der Waals surface area contributed by atoms with Crippen molar-refractivity contribution in [3.05, 3.63) is 53.1 Å². The molecule has 7 heteroatoms. The molecule has 0 unspecified atom stereocenters. The van der Waals surface area contributed by atoms with E-state index in [9.17, 15) is 9.59 Å². The summed E-state index contributed by atoms with van der Waals surface area (Å²) in [5.41, 5.74) is 2.00. The predicted octanol–water partition coefficient (Wildman–Crippen LogP) is 4.99. The molecule has 2 N–H and O–H groups in total. The molecule has 154 valence electrons. The van der Waals surface area contributed by atoms with E-state index >= 15 is 0 Å². The van der Waals surface area contributed by atoms with Gasteiger partial charge >= 0.3 is 0 Å². The van der Waals surface area contributed by atoms with Gasteiger partial charge in [0.15, 0.2) is 11.5 Å². The lowest BCUT2D eigenvalue weighted by molar-refractivity contribution is -0.117. The van der Waals surface area contributed by atoms with Crippen LogP contribution in [0.2, 0.25) is 5.02 Å². The zero-order chi connectivity index (χ0) is 21.4. The molecule has 2 rings (SSSR count). The Morgan fingerprint density at radius 2 is 1.66 bits per heavy atom. The monoisotopic (exact) mass is 416 g/mol. The van der Waals surface area contributed by atoms with Gasteiger partial charge in [-0.25, -0.2) is 0 Å². The molecular weight excluding hydrogens is 392 g/mol. The number of nitrogens with one attached hydrogen (secondary N) is 2. The first-order chi connectivity index (χ1) is 13.8. The topological polar surface area (TPSA) is 76.7 Å². The molecule has 0 aliphatic rings. The summed E-state index contributed by atoms with van der Waals surface area (Å²) in [5.74, 6) is 0.883. The van der Waals surface area contributed by atoms with Crippen LogP contribution in [0.4, 0.5) is 11.4 Å². The van der Waals surface area contributed by atoms with Crippen LogP contribution in [0.1, 0.15) is 25.8 Å². The van der Waals surface area contributed by atoms with Crippen molar-refractivity contribution in [2.75, 3.05) is 24.9 Å². The van der Waals surface area contributed by atoms with Crippen molar-refractivity contribution in [1.82, 2.24) is 0 Å². The number of halogens is 1. The van der Waals surface area contributed by atoms with Gasteiger partial charge in [-0.05, 0) is 54.0 Å². The predicted molar refractivity (Wildman–Crippen MR) is 117 cm³/mol. The van der Waals surface area contributed by atoms with Crippen LogP contribution in [0, 0.1) is 5.92 Å². The molecule has 0 aliphatic heterocycles. The van der Waals surface area contributed by atoms with Gasteiger partial charge in [-0.2, -0.15) is 0 Å². The number of rotatable bonds is 8. The molecule has 0 aromatic heterocycles. The molecule has 29 heavy (non-hydrogen) atoms. The number of hydrogen-bond donors (Lipinski definition) is 2. The number of carbonyl (C=O) groups is 2. The fourth-order valence-corrected chi connectivity index (χ4v) is 2.91. The highest BCUT2D eigenvalue weighted by molar-refractivity contribution is 6.32. The summed E-state index contributed by atoms with van der Waals surface area (Å²) in [6.45, 7) is 3.98. The molecule has 2 amide bonds. The minimum absolute atomic E-state index is 0.0340. The SMILES string of the molecule is COc1cc(/C=C/C(=O)Nc2ccc(NC(=O)CC(C)C)cc2)cc(Cl)c1OC. The summed E-state index contributed by atoms with van der Waals surface area (Å²) in [7, 11) is 3.02. The van der Waals surface area contributed by atoms with E-state index < -0.39 is 0 Å². The second kappa shape index (κ2) is 10.5. The average molecular weight is 417 g/mol. The normalized spacial score (nSPS) is 10.8. The van der Waals surface area contributed by atoms with Crippen molar-refractivity contribution >= 4 is 40.9 Å². The van der Waals surface area contributed by atoms with Crippen LogP contribution < -0.4 is 20.1 Å². The van der Waals surface area contributed by atoms with Crippen LogP contribution >= 0.6 is 11.6 Å². The summed E-state index contributed by atoms with van der Waals surface area (Å²) in [6, 6.07) is 10.3. The Balaban J connectivity index is 1.98. The summed E-state index contributed by atoms with van der Waals surface area (Å²) >= 11 is 6.17. The highest BCUT2D eigenvalue weighted by atomic mass is 35.5. The third-order valence-electron chi connectivity index (χ3n) is 3.91. The molecule has 6 nitrogen and oxygen atoms in total. The molecule has 2 aromatic carbocycles.